The van der Waals surface area contributed by atoms with Gasteiger partial charge in [0.05, 0.1) is 13.2 Å². The van der Waals surface area contributed by atoms with Crippen LogP contribution in [0.3, 0.4) is 0 Å². The molecule has 70 valence electrons. The lowest BCUT2D eigenvalue weighted by molar-refractivity contribution is -0.742. The molecular weight excluding hydrogens is 181 g/mol. The summed E-state index contributed by atoms with van der Waals surface area (Å²) >= 11 is 0. The minimum atomic E-state index is -1.50. The Bertz CT molecular complexity index is 81.9. The van der Waals surface area contributed by atoms with E-state index in [4.69, 9.17) is 30.6 Å². The molecule has 0 heterocycles. The van der Waals surface area contributed by atoms with E-state index in [1.165, 1.54) is 0 Å². The van der Waals surface area contributed by atoms with Gasteiger partial charge in [0.1, 0.15) is 6.10 Å². The van der Waals surface area contributed by atoms with Gasteiger partial charge in [0.2, 0.25) is 0 Å². The second-order valence-electron chi connectivity index (χ2n) is 1.26. The van der Waals surface area contributed by atoms with Gasteiger partial charge in [-0.3, -0.25) is 0 Å². The summed E-state index contributed by atoms with van der Waals surface area (Å²) in [5.74, 6) is 0. The monoisotopic (exact) mass is 191 g/mol. The second-order valence-corrected chi connectivity index (χ2v) is 1.26. The van der Waals surface area contributed by atoms with Gasteiger partial charge in [-0.1, -0.05) is 0 Å². The Kier molecular flexibility index (Phi) is 18.4. The van der Waals surface area contributed by atoms with Crippen LogP contribution in [-0.2, 0) is 0 Å². The fourth-order valence-electron chi connectivity index (χ4n) is 0.0577. The number of aliphatic hydroxyl groups is 3. The fraction of sp³-hybridized carbons (Fsp3) is 1.00. The molecule has 0 aromatic carbocycles. The van der Waals surface area contributed by atoms with Gasteiger partial charge in [-0.15, -0.1) is 22.5 Å². The van der Waals surface area contributed by atoms with Crippen LogP contribution >= 0.6 is 12.4 Å². The number of nitrogens with zero attached hydrogens (tertiary/aromatic N) is 1. The van der Waals surface area contributed by atoms with Crippen LogP contribution < -0.4 is 0 Å². The first kappa shape index (κ1) is 16.8. The average molecular weight is 192 g/mol. The number of aliphatic hydroxyl groups excluding tert-OH is 3. The predicted octanol–water partition coefficient (Wildman–Crippen LogP) is -1.59. The highest BCUT2D eigenvalue weighted by Crippen LogP contribution is 1.71. The lowest BCUT2D eigenvalue weighted by atomic mass is 10.4. The molecule has 0 spiro atoms. The minimum Gasteiger partial charge on any atom is -0.394 e. The van der Waals surface area contributed by atoms with Crippen molar-refractivity contribution in [1.82, 2.24) is 0 Å². The quantitative estimate of drug-likeness (QED) is 0.308. The van der Waals surface area contributed by atoms with Crippen molar-refractivity contribution in [1.29, 1.82) is 0 Å². The van der Waals surface area contributed by atoms with E-state index in [2.05, 4.69) is 0 Å². The SMILES string of the molecule is Cl.O=[N+]([O-])O.OCC(O)CO. The zero-order valence-corrected chi connectivity index (χ0v) is 6.27. The van der Waals surface area contributed by atoms with Crippen molar-refractivity contribution in [2.45, 2.75) is 6.10 Å². The first-order valence-electron chi connectivity index (χ1n) is 2.27. The molecule has 0 atom stereocenters. The predicted molar refractivity (Wildman–Crippen MR) is 36.2 cm³/mol. The Morgan fingerprint density at radius 2 is 1.55 bits per heavy atom. The number of halogens is 1. The molecule has 0 aliphatic rings. The van der Waals surface area contributed by atoms with Crippen LogP contribution in [0, 0.1) is 10.1 Å². The van der Waals surface area contributed by atoms with Gasteiger partial charge >= 0.3 is 0 Å². The molecule has 0 saturated heterocycles. The molecule has 0 radical (unpaired) electrons. The Morgan fingerprint density at radius 1 is 1.36 bits per heavy atom. The normalized spacial score (nSPS) is 7.64. The van der Waals surface area contributed by atoms with Crippen LogP contribution in [0.2, 0.25) is 0 Å². The molecule has 0 aliphatic heterocycles. The van der Waals surface area contributed by atoms with E-state index in [1.54, 1.807) is 0 Å². The van der Waals surface area contributed by atoms with E-state index in [0.717, 1.165) is 0 Å². The third kappa shape index (κ3) is 44.8. The minimum absolute atomic E-state index is 0. The van der Waals surface area contributed by atoms with Crippen LogP contribution in [0.5, 0.6) is 0 Å². The maximum absolute atomic E-state index is 8.36. The molecule has 11 heavy (non-hydrogen) atoms. The molecule has 0 unspecified atom stereocenters. The highest BCUT2D eigenvalue weighted by atomic mass is 35.5. The molecule has 8 heteroatoms. The summed E-state index contributed by atoms with van der Waals surface area (Å²) < 4.78 is 0. The zero-order valence-electron chi connectivity index (χ0n) is 5.45. The summed E-state index contributed by atoms with van der Waals surface area (Å²) in [5, 5.41) is 37.7. The summed E-state index contributed by atoms with van der Waals surface area (Å²) in [5.41, 5.74) is 0. The van der Waals surface area contributed by atoms with Gasteiger partial charge in [0, 0.05) is 0 Å². The Labute approximate surface area is 68.4 Å². The van der Waals surface area contributed by atoms with Crippen molar-refractivity contribution in [3.05, 3.63) is 10.1 Å². The van der Waals surface area contributed by atoms with E-state index in [-0.39, 0.29) is 25.6 Å². The maximum Gasteiger partial charge on any atom is 0.291 e. The molecule has 7 nitrogen and oxygen atoms in total. The van der Waals surface area contributed by atoms with Crippen LogP contribution in [0.15, 0.2) is 0 Å². The van der Waals surface area contributed by atoms with Crippen LogP contribution in [-0.4, -0.2) is 44.9 Å². The Balaban J connectivity index is -0.000000114. The summed E-state index contributed by atoms with van der Waals surface area (Å²) in [6.07, 6.45) is -0.954. The molecule has 0 fully saturated rings. The number of rotatable bonds is 2. The molecular formula is C3H10ClNO6. The van der Waals surface area contributed by atoms with Crippen molar-refractivity contribution >= 4 is 12.4 Å². The van der Waals surface area contributed by atoms with Crippen molar-refractivity contribution in [2.24, 2.45) is 0 Å². The first-order chi connectivity index (χ1) is 4.54. The van der Waals surface area contributed by atoms with Crippen molar-refractivity contribution < 1.29 is 25.6 Å². The third-order valence-electron chi connectivity index (χ3n) is 0.421. The van der Waals surface area contributed by atoms with Gasteiger partial charge in [-0.05, 0) is 0 Å². The Morgan fingerprint density at radius 3 is 1.55 bits per heavy atom. The lowest BCUT2D eigenvalue weighted by Gasteiger charge is -1.96. The van der Waals surface area contributed by atoms with E-state index >= 15 is 0 Å². The molecule has 0 saturated carbocycles. The maximum atomic E-state index is 8.36. The average Bonchev–Trinajstić information content (AvgIpc) is 1.85. The van der Waals surface area contributed by atoms with Crippen molar-refractivity contribution in [3.63, 3.8) is 0 Å². The summed E-state index contributed by atoms with van der Waals surface area (Å²) in [7, 11) is 0. The molecule has 0 rings (SSSR count). The fourth-order valence-corrected chi connectivity index (χ4v) is 0.0577. The van der Waals surface area contributed by atoms with Gasteiger partial charge in [0.15, 0.2) is 0 Å². The smallest absolute Gasteiger partial charge is 0.291 e. The molecule has 0 aromatic heterocycles. The first-order valence-corrected chi connectivity index (χ1v) is 2.27. The lowest BCUT2D eigenvalue weighted by Crippen LogP contribution is -2.15. The van der Waals surface area contributed by atoms with Gasteiger partial charge in [0.25, 0.3) is 5.09 Å². The van der Waals surface area contributed by atoms with Crippen LogP contribution in [0.4, 0.5) is 0 Å². The topological polar surface area (TPSA) is 124 Å². The Hall–Kier alpha value is -0.630. The van der Waals surface area contributed by atoms with E-state index in [9.17, 15) is 0 Å². The van der Waals surface area contributed by atoms with Gasteiger partial charge in [-0.25, -0.2) is 0 Å². The summed E-state index contributed by atoms with van der Waals surface area (Å²) in [4.78, 5) is 8.36. The van der Waals surface area contributed by atoms with Crippen molar-refractivity contribution in [3.8, 4) is 0 Å². The molecule has 0 amide bonds. The zero-order chi connectivity index (χ0) is 8.57. The molecule has 4 N–H and O–H groups in total. The summed E-state index contributed by atoms with van der Waals surface area (Å²) in [6.45, 7) is -0.729. The van der Waals surface area contributed by atoms with E-state index < -0.39 is 11.2 Å². The van der Waals surface area contributed by atoms with Crippen molar-refractivity contribution in [2.75, 3.05) is 13.2 Å². The summed E-state index contributed by atoms with van der Waals surface area (Å²) in [6, 6.07) is 0. The van der Waals surface area contributed by atoms with E-state index in [0.29, 0.717) is 0 Å². The van der Waals surface area contributed by atoms with E-state index in [1.807, 2.05) is 0 Å². The molecule has 0 bridgehead atoms. The second kappa shape index (κ2) is 12.1. The molecule has 0 aliphatic carbocycles. The van der Waals surface area contributed by atoms with Crippen LogP contribution in [0.1, 0.15) is 0 Å². The third-order valence-corrected chi connectivity index (χ3v) is 0.421. The highest BCUT2D eigenvalue weighted by Gasteiger charge is 1.93. The van der Waals surface area contributed by atoms with Gasteiger partial charge < -0.3 is 20.5 Å². The highest BCUT2D eigenvalue weighted by molar-refractivity contribution is 5.85. The largest absolute Gasteiger partial charge is 0.394 e. The van der Waals surface area contributed by atoms with Gasteiger partial charge in [-0.2, -0.15) is 0 Å². The standard InChI is InChI=1S/C3H8O3.ClH.HNO3/c4-1-3(6)2-5;;2-1(3)4/h3-6H,1-2H2;1H;(H,2,3,4). The number of hydrogen-bond donors (Lipinski definition) is 4. The van der Waals surface area contributed by atoms with Crippen LogP contribution in [0.25, 0.3) is 0 Å². The molecule has 0 aromatic rings. The number of hydrogen-bond acceptors (Lipinski definition) is 5.